The number of nitrogens with one attached hydrogen (secondary N) is 2. The lowest BCUT2D eigenvalue weighted by molar-refractivity contribution is 0.0941. The molecule has 0 aliphatic heterocycles. The van der Waals surface area contributed by atoms with Gasteiger partial charge in [-0.15, -0.1) is 0 Å². The molecule has 0 saturated carbocycles. The highest BCUT2D eigenvalue weighted by Gasteiger charge is 2.14. The summed E-state index contributed by atoms with van der Waals surface area (Å²) in [4.78, 5) is 12.3. The van der Waals surface area contributed by atoms with Crippen LogP contribution in [-0.2, 0) is 4.74 Å². The predicted octanol–water partition coefficient (Wildman–Crippen LogP) is 3.67. The maximum Gasteiger partial charge on any atom is 0.255 e. The Hall–Kier alpha value is -1.85. The van der Waals surface area contributed by atoms with Crippen LogP contribution in [0.3, 0.4) is 0 Å². The molecule has 124 valence electrons. The topological polar surface area (TPSA) is 67.0 Å². The molecule has 0 spiro atoms. The summed E-state index contributed by atoms with van der Waals surface area (Å²) < 4.78 is 5.47. The number of hydrogen-bond acceptors (Lipinski definition) is 3. The van der Waals surface area contributed by atoms with Crippen molar-refractivity contribution < 1.29 is 9.53 Å². The third-order valence-corrected chi connectivity index (χ3v) is 3.66. The Morgan fingerprint density at radius 3 is 2.74 bits per heavy atom. The van der Waals surface area contributed by atoms with E-state index in [1.165, 1.54) is 6.20 Å². The molecule has 0 saturated heterocycles. The number of rotatable bonds is 9. The second-order valence-corrected chi connectivity index (χ2v) is 5.68. The number of amides is 1. The van der Waals surface area contributed by atoms with Crippen LogP contribution in [0, 0.1) is 0 Å². The fourth-order valence-corrected chi connectivity index (χ4v) is 2.24. The standard InChI is InChI=1S/C17H22ClN3O2/c1-2-3-10-23-11-4-9-19-17(22)15-12-20-21-16(15)13-5-7-14(18)8-6-13/h5-8,12H,2-4,9-11H2,1H3,(H,19,22)(H,20,21). The van der Waals surface area contributed by atoms with Crippen LogP contribution in [0.5, 0.6) is 0 Å². The van der Waals surface area contributed by atoms with Crippen LogP contribution in [0.1, 0.15) is 36.5 Å². The van der Waals surface area contributed by atoms with E-state index < -0.39 is 0 Å². The zero-order chi connectivity index (χ0) is 16.5. The molecule has 2 N–H and O–H groups in total. The van der Waals surface area contributed by atoms with Gasteiger partial charge in [-0.2, -0.15) is 5.10 Å². The van der Waals surface area contributed by atoms with Gasteiger partial charge in [0.15, 0.2) is 0 Å². The third kappa shape index (κ3) is 5.37. The second-order valence-electron chi connectivity index (χ2n) is 5.24. The van der Waals surface area contributed by atoms with Crippen LogP contribution in [0.15, 0.2) is 30.5 Å². The number of aromatic nitrogens is 2. The SMILES string of the molecule is CCCCOCCCNC(=O)c1cn[nH]c1-c1ccc(Cl)cc1. The molecule has 2 aromatic rings. The second kappa shape index (κ2) is 9.33. The first-order valence-corrected chi connectivity index (χ1v) is 8.25. The maximum atomic E-state index is 12.3. The van der Waals surface area contributed by atoms with Gasteiger partial charge in [0.1, 0.15) is 0 Å². The van der Waals surface area contributed by atoms with Crippen molar-refractivity contribution in [3.63, 3.8) is 0 Å². The lowest BCUT2D eigenvalue weighted by Gasteiger charge is -2.07. The van der Waals surface area contributed by atoms with E-state index in [1.54, 1.807) is 12.1 Å². The fourth-order valence-electron chi connectivity index (χ4n) is 2.11. The Morgan fingerprint density at radius 1 is 1.26 bits per heavy atom. The van der Waals surface area contributed by atoms with E-state index in [9.17, 15) is 4.79 Å². The van der Waals surface area contributed by atoms with Gasteiger partial charge in [-0.05, 0) is 25.0 Å². The van der Waals surface area contributed by atoms with E-state index in [1.807, 2.05) is 12.1 Å². The summed E-state index contributed by atoms with van der Waals surface area (Å²) in [5.41, 5.74) is 2.09. The summed E-state index contributed by atoms with van der Waals surface area (Å²) in [7, 11) is 0. The highest BCUT2D eigenvalue weighted by Crippen LogP contribution is 2.22. The summed E-state index contributed by atoms with van der Waals surface area (Å²) in [5, 5.41) is 10.4. The van der Waals surface area contributed by atoms with Crippen molar-refractivity contribution in [2.24, 2.45) is 0 Å². The van der Waals surface area contributed by atoms with E-state index >= 15 is 0 Å². The Labute approximate surface area is 141 Å². The van der Waals surface area contributed by atoms with Crippen molar-refractivity contribution in [3.8, 4) is 11.3 Å². The lowest BCUT2D eigenvalue weighted by Crippen LogP contribution is -2.25. The molecule has 0 atom stereocenters. The number of ether oxygens (including phenoxy) is 1. The van der Waals surface area contributed by atoms with Crippen molar-refractivity contribution in [1.29, 1.82) is 0 Å². The summed E-state index contributed by atoms with van der Waals surface area (Å²) in [6.45, 7) is 4.16. The average molecular weight is 336 g/mol. The molecular formula is C17H22ClN3O2. The van der Waals surface area contributed by atoms with Crippen molar-refractivity contribution >= 4 is 17.5 Å². The number of carbonyl (C=O) groups is 1. The first-order chi connectivity index (χ1) is 11.2. The molecular weight excluding hydrogens is 314 g/mol. The molecule has 0 aliphatic carbocycles. The lowest BCUT2D eigenvalue weighted by atomic mass is 10.1. The Kier molecular flexibility index (Phi) is 7.10. The van der Waals surface area contributed by atoms with Crippen LogP contribution >= 0.6 is 11.6 Å². The number of hydrogen-bond donors (Lipinski definition) is 2. The average Bonchev–Trinajstić information content (AvgIpc) is 3.04. The van der Waals surface area contributed by atoms with Gasteiger partial charge in [0.25, 0.3) is 5.91 Å². The van der Waals surface area contributed by atoms with Crippen LogP contribution in [-0.4, -0.2) is 35.9 Å². The first kappa shape index (κ1) is 17.5. The van der Waals surface area contributed by atoms with Gasteiger partial charge in [0.05, 0.1) is 17.5 Å². The van der Waals surface area contributed by atoms with E-state index in [0.29, 0.717) is 29.4 Å². The summed E-state index contributed by atoms with van der Waals surface area (Å²) in [6, 6.07) is 7.28. The van der Waals surface area contributed by atoms with Crippen LogP contribution < -0.4 is 5.32 Å². The Balaban J connectivity index is 1.84. The molecule has 1 amide bonds. The largest absolute Gasteiger partial charge is 0.381 e. The van der Waals surface area contributed by atoms with E-state index in [2.05, 4.69) is 22.4 Å². The Morgan fingerprint density at radius 2 is 2.00 bits per heavy atom. The van der Waals surface area contributed by atoms with E-state index in [-0.39, 0.29) is 5.91 Å². The number of unbranched alkanes of at least 4 members (excludes halogenated alkanes) is 1. The zero-order valence-electron chi connectivity index (χ0n) is 13.3. The molecule has 1 heterocycles. The van der Waals surface area contributed by atoms with Gasteiger partial charge < -0.3 is 10.1 Å². The molecule has 0 unspecified atom stereocenters. The number of halogens is 1. The number of H-pyrrole nitrogens is 1. The minimum atomic E-state index is -0.141. The predicted molar refractivity (Wildman–Crippen MR) is 91.7 cm³/mol. The molecule has 0 bridgehead atoms. The highest BCUT2D eigenvalue weighted by molar-refractivity contribution is 6.30. The van der Waals surface area contributed by atoms with Crippen molar-refractivity contribution in [2.45, 2.75) is 26.2 Å². The van der Waals surface area contributed by atoms with Gasteiger partial charge in [-0.3, -0.25) is 9.89 Å². The van der Waals surface area contributed by atoms with Gasteiger partial charge in [0, 0.05) is 30.3 Å². The molecule has 6 heteroatoms. The molecule has 0 fully saturated rings. The van der Waals surface area contributed by atoms with Crippen LogP contribution in [0.2, 0.25) is 5.02 Å². The Bertz CT molecular complexity index is 611. The molecule has 0 radical (unpaired) electrons. The molecule has 2 rings (SSSR count). The van der Waals surface area contributed by atoms with Gasteiger partial charge in [-0.25, -0.2) is 0 Å². The van der Waals surface area contributed by atoms with Gasteiger partial charge in [0.2, 0.25) is 0 Å². The minimum Gasteiger partial charge on any atom is -0.381 e. The molecule has 0 aliphatic rings. The third-order valence-electron chi connectivity index (χ3n) is 3.41. The van der Waals surface area contributed by atoms with Gasteiger partial charge in [-0.1, -0.05) is 37.1 Å². The first-order valence-electron chi connectivity index (χ1n) is 7.87. The maximum absolute atomic E-state index is 12.3. The minimum absolute atomic E-state index is 0.141. The molecule has 1 aromatic carbocycles. The summed E-state index contributed by atoms with van der Waals surface area (Å²) in [6.07, 6.45) is 4.54. The van der Waals surface area contributed by atoms with Crippen molar-refractivity contribution in [1.82, 2.24) is 15.5 Å². The van der Waals surface area contributed by atoms with Crippen molar-refractivity contribution in [2.75, 3.05) is 19.8 Å². The summed E-state index contributed by atoms with van der Waals surface area (Å²) in [5.74, 6) is -0.141. The van der Waals surface area contributed by atoms with E-state index in [0.717, 1.165) is 31.4 Å². The number of carbonyl (C=O) groups excluding carboxylic acids is 1. The fraction of sp³-hybridized carbons (Fsp3) is 0.412. The summed E-state index contributed by atoms with van der Waals surface area (Å²) >= 11 is 5.89. The zero-order valence-corrected chi connectivity index (χ0v) is 14.0. The van der Waals surface area contributed by atoms with Crippen molar-refractivity contribution in [3.05, 3.63) is 41.0 Å². The smallest absolute Gasteiger partial charge is 0.255 e. The van der Waals surface area contributed by atoms with Crippen LogP contribution in [0.25, 0.3) is 11.3 Å². The monoisotopic (exact) mass is 335 g/mol. The van der Waals surface area contributed by atoms with E-state index in [4.69, 9.17) is 16.3 Å². The highest BCUT2D eigenvalue weighted by atomic mass is 35.5. The number of aromatic amines is 1. The number of benzene rings is 1. The van der Waals surface area contributed by atoms with Gasteiger partial charge >= 0.3 is 0 Å². The van der Waals surface area contributed by atoms with Crippen LogP contribution in [0.4, 0.5) is 0 Å². The molecule has 5 nitrogen and oxygen atoms in total. The quantitative estimate of drug-likeness (QED) is 0.687. The molecule has 23 heavy (non-hydrogen) atoms. The normalized spacial score (nSPS) is 10.7. The molecule has 1 aromatic heterocycles. The number of nitrogens with zero attached hydrogens (tertiary/aromatic N) is 1.